The largest absolute Gasteiger partial charge is 0.369 e. The van der Waals surface area contributed by atoms with Crippen LogP contribution in [0.2, 0.25) is 0 Å². The summed E-state index contributed by atoms with van der Waals surface area (Å²) in [5.41, 5.74) is 12.4. The van der Waals surface area contributed by atoms with Crippen LogP contribution in [0.5, 0.6) is 0 Å². The first-order valence-electron chi connectivity index (χ1n) is 10.4. The van der Waals surface area contributed by atoms with Gasteiger partial charge in [-0.15, -0.1) is 0 Å². The van der Waals surface area contributed by atoms with Crippen LogP contribution in [0.3, 0.4) is 0 Å². The maximum Gasteiger partial charge on any atom is 0.243 e. The van der Waals surface area contributed by atoms with E-state index in [0.29, 0.717) is 29.9 Å². The van der Waals surface area contributed by atoms with Gasteiger partial charge in [-0.1, -0.05) is 13.3 Å². The number of nitrogens with two attached hydrogens (primary N) is 2. The highest BCUT2D eigenvalue weighted by Gasteiger charge is 2.42. The predicted molar refractivity (Wildman–Crippen MR) is 115 cm³/mol. The monoisotopic (exact) mass is 418 g/mol. The van der Waals surface area contributed by atoms with E-state index in [4.69, 9.17) is 11.5 Å². The third kappa shape index (κ3) is 3.73. The second-order valence-corrected chi connectivity index (χ2v) is 10.4. The van der Waals surface area contributed by atoms with Gasteiger partial charge in [0.1, 0.15) is 5.66 Å². The molecule has 2 heterocycles. The molecule has 0 amide bonds. The van der Waals surface area contributed by atoms with Crippen LogP contribution in [0.25, 0.3) is 0 Å². The van der Waals surface area contributed by atoms with Gasteiger partial charge in [-0.05, 0) is 68.7 Å². The minimum Gasteiger partial charge on any atom is -0.369 e. The summed E-state index contributed by atoms with van der Waals surface area (Å²) in [6, 6.07) is 6.93. The first kappa shape index (κ1) is 20.2. The van der Waals surface area contributed by atoms with Crippen LogP contribution in [-0.4, -0.2) is 43.4 Å². The summed E-state index contributed by atoms with van der Waals surface area (Å²) >= 11 is 0. The van der Waals surface area contributed by atoms with Crippen molar-refractivity contribution in [2.45, 2.75) is 62.4 Å². The topological polar surface area (TPSA) is 117 Å². The molecular weight excluding hydrogens is 388 g/mol. The number of anilines is 1. The van der Waals surface area contributed by atoms with E-state index in [1.807, 2.05) is 4.90 Å². The van der Waals surface area contributed by atoms with Crippen molar-refractivity contribution in [3.05, 3.63) is 24.3 Å². The smallest absolute Gasteiger partial charge is 0.243 e. The second-order valence-electron chi connectivity index (χ2n) is 8.42. The van der Waals surface area contributed by atoms with E-state index in [1.165, 1.54) is 0 Å². The van der Waals surface area contributed by atoms with Crippen LogP contribution in [0.4, 0.5) is 5.69 Å². The molecule has 9 heteroatoms. The SMILES string of the molecule is CC1CCCN(S(=O)(=O)c2ccc(N3C(N)=NC(N)=NC34CCCCC4)cc2)C1. The fourth-order valence-corrected chi connectivity index (χ4v) is 6.37. The Balaban J connectivity index is 1.64. The lowest BCUT2D eigenvalue weighted by atomic mass is 9.87. The molecule has 1 aromatic carbocycles. The molecule has 4 N–H and O–H groups in total. The highest BCUT2D eigenvalue weighted by molar-refractivity contribution is 7.89. The Kier molecular flexibility index (Phi) is 5.29. The Morgan fingerprint density at radius 1 is 1.07 bits per heavy atom. The summed E-state index contributed by atoms with van der Waals surface area (Å²) in [4.78, 5) is 11.1. The van der Waals surface area contributed by atoms with Gasteiger partial charge in [-0.3, -0.25) is 4.90 Å². The van der Waals surface area contributed by atoms with Gasteiger partial charge < -0.3 is 11.5 Å². The van der Waals surface area contributed by atoms with Gasteiger partial charge in [-0.25, -0.2) is 13.4 Å². The molecule has 0 radical (unpaired) electrons. The van der Waals surface area contributed by atoms with Crippen LogP contribution in [0.1, 0.15) is 51.9 Å². The molecule has 1 unspecified atom stereocenters. The van der Waals surface area contributed by atoms with Gasteiger partial charge in [0.15, 0.2) is 0 Å². The summed E-state index contributed by atoms with van der Waals surface area (Å²) in [6.45, 7) is 3.25. The third-order valence-corrected chi connectivity index (χ3v) is 8.08. The fraction of sp³-hybridized carbons (Fsp3) is 0.600. The fourth-order valence-electron chi connectivity index (χ4n) is 4.78. The van der Waals surface area contributed by atoms with Crippen molar-refractivity contribution >= 4 is 27.6 Å². The third-order valence-electron chi connectivity index (χ3n) is 6.20. The molecule has 1 spiro atoms. The molecule has 1 aliphatic carbocycles. The number of aliphatic imine (C=N–C) groups is 2. The predicted octanol–water partition coefficient (Wildman–Crippen LogP) is 2.22. The van der Waals surface area contributed by atoms with E-state index in [2.05, 4.69) is 16.9 Å². The molecule has 8 nitrogen and oxygen atoms in total. The molecule has 0 bridgehead atoms. The molecule has 3 aliphatic rings. The maximum atomic E-state index is 13.0. The lowest BCUT2D eigenvalue weighted by Crippen LogP contribution is -2.58. The molecule has 0 aromatic heterocycles. The second kappa shape index (κ2) is 7.60. The number of nitrogens with zero attached hydrogens (tertiary/aromatic N) is 4. The van der Waals surface area contributed by atoms with E-state index < -0.39 is 15.7 Å². The lowest BCUT2D eigenvalue weighted by molar-refractivity contribution is 0.281. The number of benzene rings is 1. The number of guanidine groups is 2. The van der Waals surface area contributed by atoms with Gasteiger partial charge in [0.2, 0.25) is 21.9 Å². The van der Waals surface area contributed by atoms with Crippen molar-refractivity contribution in [3.8, 4) is 0 Å². The van der Waals surface area contributed by atoms with Crippen LogP contribution in [-0.2, 0) is 10.0 Å². The Morgan fingerprint density at radius 2 is 1.76 bits per heavy atom. The summed E-state index contributed by atoms with van der Waals surface area (Å²) in [5, 5.41) is 0. The number of hydrogen-bond donors (Lipinski definition) is 2. The average Bonchev–Trinajstić information content (AvgIpc) is 2.68. The van der Waals surface area contributed by atoms with Crippen LogP contribution < -0.4 is 16.4 Å². The zero-order valence-corrected chi connectivity index (χ0v) is 17.7. The number of sulfonamides is 1. The van der Waals surface area contributed by atoms with E-state index in [-0.39, 0.29) is 5.96 Å². The minimum absolute atomic E-state index is 0.207. The molecule has 1 atom stereocenters. The zero-order valence-electron chi connectivity index (χ0n) is 16.9. The van der Waals surface area contributed by atoms with Gasteiger partial charge in [0.05, 0.1) is 4.90 Å². The standard InChI is InChI=1S/C20H30N6O2S/c1-15-6-5-13-25(14-15)29(27,28)17-9-7-16(8-10-17)26-19(22)23-18(21)24-20(26)11-3-2-4-12-20/h7-10,15H,2-6,11-14H2,1H3,(H4,21,22,23,24). The summed E-state index contributed by atoms with van der Waals surface area (Å²) < 4.78 is 27.7. The van der Waals surface area contributed by atoms with Crippen LogP contribution >= 0.6 is 0 Å². The summed E-state index contributed by atoms with van der Waals surface area (Å²) in [6.07, 6.45) is 6.91. The van der Waals surface area contributed by atoms with E-state index >= 15 is 0 Å². The number of rotatable bonds is 3. The van der Waals surface area contributed by atoms with Crippen molar-refractivity contribution in [3.63, 3.8) is 0 Å². The first-order valence-corrected chi connectivity index (χ1v) is 11.9. The van der Waals surface area contributed by atoms with Crippen LogP contribution in [0, 0.1) is 5.92 Å². The molecule has 2 aliphatic heterocycles. The Labute approximate surface area is 172 Å². The van der Waals surface area contributed by atoms with Gasteiger partial charge in [0, 0.05) is 18.8 Å². The minimum atomic E-state index is -3.49. The summed E-state index contributed by atoms with van der Waals surface area (Å²) in [5.74, 6) is 0.899. The highest BCUT2D eigenvalue weighted by Crippen LogP contribution is 2.39. The van der Waals surface area contributed by atoms with Gasteiger partial charge >= 0.3 is 0 Å². The molecular formula is C20H30N6O2S. The quantitative estimate of drug-likeness (QED) is 0.780. The van der Waals surface area contributed by atoms with Crippen molar-refractivity contribution in [1.82, 2.24) is 4.31 Å². The molecule has 2 fully saturated rings. The molecule has 158 valence electrons. The van der Waals surface area contributed by atoms with E-state index in [0.717, 1.165) is 50.6 Å². The van der Waals surface area contributed by atoms with Crippen molar-refractivity contribution in [1.29, 1.82) is 0 Å². The molecule has 4 rings (SSSR count). The lowest BCUT2D eigenvalue weighted by Gasteiger charge is -2.45. The van der Waals surface area contributed by atoms with Crippen LogP contribution in [0.15, 0.2) is 39.1 Å². The maximum absolute atomic E-state index is 13.0. The van der Waals surface area contributed by atoms with E-state index in [1.54, 1.807) is 28.6 Å². The Bertz CT molecular complexity index is 919. The first-order chi connectivity index (χ1) is 13.8. The van der Waals surface area contributed by atoms with Gasteiger partial charge in [0.25, 0.3) is 0 Å². The Hall–Kier alpha value is -2.13. The normalized spacial score (nSPS) is 25.6. The molecule has 1 saturated heterocycles. The Morgan fingerprint density at radius 3 is 2.41 bits per heavy atom. The van der Waals surface area contributed by atoms with Gasteiger partial charge in [-0.2, -0.15) is 9.30 Å². The molecule has 1 aromatic rings. The van der Waals surface area contributed by atoms with Crippen molar-refractivity contribution < 1.29 is 8.42 Å². The van der Waals surface area contributed by atoms with Crippen molar-refractivity contribution in [2.24, 2.45) is 27.4 Å². The van der Waals surface area contributed by atoms with Crippen molar-refractivity contribution in [2.75, 3.05) is 18.0 Å². The van der Waals surface area contributed by atoms with E-state index in [9.17, 15) is 8.42 Å². The summed E-state index contributed by atoms with van der Waals surface area (Å²) in [7, 11) is -3.49. The number of hydrogen-bond acceptors (Lipinski definition) is 7. The average molecular weight is 419 g/mol. The highest BCUT2D eigenvalue weighted by atomic mass is 32.2. The zero-order chi connectivity index (χ0) is 20.6. The molecule has 29 heavy (non-hydrogen) atoms. The number of piperidine rings is 1. The molecule has 1 saturated carbocycles.